The summed E-state index contributed by atoms with van der Waals surface area (Å²) in [4.78, 5) is 0. The van der Waals surface area contributed by atoms with Gasteiger partial charge in [-0.15, -0.1) is 0 Å². The second-order valence-electron chi connectivity index (χ2n) is 6.04. The van der Waals surface area contributed by atoms with Crippen LogP contribution in [0.4, 0.5) is 11.4 Å². The normalized spacial score (nSPS) is 10.7. The van der Waals surface area contributed by atoms with Gasteiger partial charge in [0.2, 0.25) is 0 Å². The molecule has 0 amide bonds. The number of thiocarbonyl (C=S) groups is 1. The number of aryl methyl sites for hydroxylation is 2. The minimum atomic E-state index is 0.529. The highest BCUT2D eigenvalue weighted by molar-refractivity contribution is 7.80. The average molecular weight is 354 g/mol. The van der Waals surface area contributed by atoms with Gasteiger partial charge in [-0.25, -0.2) is 0 Å². The molecule has 0 aliphatic carbocycles. The van der Waals surface area contributed by atoms with Gasteiger partial charge in [0, 0.05) is 7.05 Å². The maximum atomic E-state index is 5.45. The molecule has 0 unspecified atom stereocenters. The summed E-state index contributed by atoms with van der Waals surface area (Å²) < 4.78 is 3.80. The molecule has 0 aliphatic rings. The standard InChI is InChI=1S/C18H22N6S/c1-12-17(21-18(25)20-16-10-19-23(4)13(16)2)14(3)24(22-12)11-15-8-6-5-7-9-15/h5-10H,11H2,1-4H3,(H2,20,21,25). The first-order chi connectivity index (χ1) is 12.0. The molecular weight excluding hydrogens is 332 g/mol. The molecule has 2 heterocycles. The molecule has 0 saturated heterocycles. The molecule has 0 spiro atoms. The third-order valence-corrected chi connectivity index (χ3v) is 4.48. The molecule has 7 heteroatoms. The Labute approximate surface area is 152 Å². The van der Waals surface area contributed by atoms with Gasteiger partial charge in [-0.3, -0.25) is 9.36 Å². The van der Waals surface area contributed by atoms with Crippen molar-refractivity contribution < 1.29 is 0 Å². The van der Waals surface area contributed by atoms with E-state index in [1.807, 2.05) is 50.7 Å². The van der Waals surface area contributed by atoms with Crippen LogP contribution in [-0.4, -0.2) is 24.7 Å². The molecule has 0 radical (unpaired) electrons. The summed E-state index contributed by atoms with van der Waals surface area (Å²) in [5, 5.41) is 15.8. The highest BCUT2D eigenvalue weighted by Gasteiger charge is 2.14. The lowest BCUT2D eigenvalue weighted by Crippen LogP contribution is -2.20. The molecule has 25 heavy (non-hydrogen) atoms. The molecule has 0 aliphatic heterocycles. The van der Waals surface area contributed by atoms with Crippen molar-refractivity contribution in [3.63, 3.8) is 0 Å². The number of aromatic nitrogens is 4. The van der Waals surface area contributed by atoms with Crippen molar-refractivity contribution in [1.29, 1.82) is 0 Å². The third-order valence-electron chi connectivity index (χ3n) is 4.28. The molecule has 1 aromatic carbocycles. The molecule has 3 aromatic rings. The minimum absolute atomic E-state index is 0.529. The zero-order valence-electron chi connectivity index (χ0n) is 14.9. The second kappa shape index (κ2) is 7.06. The van der Waals surface area contributed by atoms with Gasteiger partial charge in [0.25, 0.3) is 0 Å². The summed E-state index contributed by atoms with van der Waals surface area (Å²) in [5.74, 6) is 0. The van der Waals surface area contributed by atoms with Crippen molar-refractivity contribution in [1.82, 2.24) is 19.6 Å². The molecule has 0 saturated carbocycles. The van der Waals surface area contributed by atoms with Crippen LogP contribution in [0.15, 0.2) is 36.5 Å². The highest BCUT2D eigenvalue weighted by Crippen LogP contribution is 2.21. The maximum absolute atomic E-state index is 5.45. The molecular formula is C18H22N6S. The van der Waals surface area contributed by atoms with Crippen LogP contribution in [0.2, 0.25) is 0 Å². The van der Waals surface area contributed by atoms with Gasteiger partial charge in [0.05, 0.1) is 41.2 Å². The van der Waals surface area contributed by atoms with Crippen molar-refractivity contribution in [2.45, 2.75) is 27.3 Å². The van der Waals surface area contributed by atoms with E-state index in [4.69, 9.17) is 12.2 Å². The Morgan fingerprint density at radius 2 is 1.80 bits per heavy atom. The van der Waals surface area contributed by atoms with Crippen LogP contribution >= 0.6 is 12.2 Å². The molecule has 0 atom stereocenters. The Hall–Kier alpha value is -2.67. The fraction of sp³-hybridized carbons (Fsp3) is 0.278. The van der Waals surface area contributed by atoms with Gasteiger partial charge in [0.15, 0.2) is 5.11 Å². The smallest absolute Gasteiger partial charge is 0.175 e. The third kappa shape index (κ3) is 3.71. The van der Waals surface area contributed by atoms with Crippen LogP contribution in [0, 0.1) is 20.8 Å². The predicted octanol–water partition coefficient (Wildman–Crippen LogP) is 3.40. The van der Waals surface area contributed by atoms with Crippen LogP contribution in [0.5, 0.6) is 0 Å². The van der Waals surface area contributed by atoms with E-state index in [0.717, 1.165) is 35.0 Å². The SMILES string of the molecule is Cc1nn(Cc2ccccc2)c(C)c1NC(=S)Nc1cnn(C)c1C. The van der Waals surface area contributed by atoms with E-state index >= 15 is 0 Å². The number of hydrogen-bond acceptors (Lipinski definition) is 3. The maximum Gasteiger partial charge on any atom is 0.175 e. The molecule has 0 bridgehead atoms. The molecule has 2 N–H and O–H groups in total. The number of nitrogens with one attached hydrogen (secondary N) is 2. The summed E-state index contributed by atoms with van der Waals surface area (Å²) in [5.41, 5.74) is 6.04. The van der Waals surface area contributed by atoms with Crippen molar-refractivity contribution in [2.75, 3.05) is 10.6 Å². The summed E-state index contributed by atoms with van der Waals surface area (Å²) in [6.07, 6.45) is 1.77. The van der Waals surface area contributed by atoms with Gasteiger partial charge in [-0.2, -0.15) is 10.2 Å². The lowest BCUT2D eigenvalue weighted by atomic mass is 10.2. The van der Waals surface area contributed by atoms with Gasteiger partial charge in [-0.05, 0) is 38.6 Å². The fourth-order valence-electron chi connectivity index (χ4n) is 2.68. The lowest BCUT2D eigenvalue weighted by Gasteiger charge is -2.11. The molecule has 3 rings (SSSR count). The first-order valence-corrected chi connectivity index (χ1v) is 8.51. The number of benzene rings is 1. The van der Waals surface area contributed by atoms with Crippen molar-refractivity contribution in [3.05, 3.63) is 59.2 Å². The first kappa shape index (κ1) is 17.2. The predicted molar refractivity (Wildman–Crippen MR) is 105 cm³/mol. The van der Waals surface area contributed by atoms with Gasteiger partial charge in [-0.1, -0.05) is 30.3 Å². The monoisotopic (exact) mass is 354 g/mol. The van der Waals surface area contributed by atoms with E-state index in [1.54, 1.807) is 10.9 Å². The van der Waals surface area contributed by atoms with Crippen LogP contribution in [0.3, 0.4) is 0 Å². The van der Waals surface area contributed by atoms with Crippen molar-refractivity contribution >= 4 is 28.7 Å². The summed E-state index contributed by atoms with van der Waals surface area (Å²) in [6.45, 7) is 6.75. The van der Waals surface area contributed by atoms with E-state index in [1.165, 1.54) is 5.56 Å². The zero-order chi connectivity index (χ0) is 18.0. The van der Waals surface area contributed by atoms with E-state index in [0.29, 0.717) is 5.11 Å². The van der Waals surface area contributed by atoms with E-state index in [9.17, 15) is 0 Å². The zero-order valence-corrected chi connectivity index (χ0v) is 15.7. The van der Waals surface area contributed by atoms with Crippen molar-refractivity contribution in [3.8, 4) is 0 Å². The topological polar surface area (TPSA) is 59.7 Å². The minimum Gasteiger partial charge on any atom is -0.330 e. The average Bonchev–Trinajstić information content (AvgIpc) is 3.04. The Morgan fingerprint density at radius 1 is 1.08 bits per heavy atom. The summed E-state index contributed by atoms with van der Waals surface area (Å²) in [7, 11) is 1.90. The first-order valence-electron chi connectivity index (χ1n) is 8.10. The summed E-state index contributed by atoms with van der Waals surface area (Å²) >= 11 is 5.45. The molecule has 130 valence electrons. The number of hydrogen-bond donors (Lipinski definition) is 2. The number of rotatable bonds is 4. The number of nitrogens with zero attached hydrogens (tertiary/aromatic N) is 4. The van der Waals surface area contributed by atoms with Crippen LogP contribution in [0.1, 0.15) is 22.6 Å². The van der Waals surface area contributed by atoms with E-state index < -0.39 is 0 Å². The van der Waals surface area contributed by atoms with Crippen LogP contribution in [0.25, 0.3) is 0 Å². The van der Waals surface area contributed by atoms with Crippen molar-refractivity contribution in [2.24, 2.45) is 7.05 Å². The second-order valence-corrected chi connectivity index (χ2v) is 6.44. The van der Waals surface area contributed by atoms with Crippen LogP contribution < -0.4 is 10.6 Å². The highest BCUT2D eigenvalue weighted by atomic mass is 32.1. The Kier molecular flexibility index (Phi) is 4.85. The van der Waals surface area contributed by atoms with Gasteiger partial charge < -0.3 is 10.6 Å². The largest absolute Gasteiger partial charge is 0.330 e. The Balaban J connectivity index is 1.74. The fourth-order valence-corrected chi connectivity index (χ4v) is 2.89. The van der Waals surface area contributed by atoms with E-state index in [2.05, 4.69) is 33.0 Å². The Morgan fingerprint density at radius 3 is 2.44 bits per heavy atom. The quantitative estimate of drug-likeness (QED) is 0.703. The number of anilines is 2. The van der Waals surface area contributed by atoms with E-state index in [-0.39, 0.29) is 0 Å². The lowest BCUT2D eigenvalue weighted by molar-refractivity contribution is 0.659. The molecule has 0 fully saturated rings. The molecule has 2 aromatic heterocycles. The van der Waals surface area contributed by atoms with Crippen LogP contribution in [-0.2, 0) is 13.6 Å². The Bertz CT molecular complexity index is 894. The van der Waals surface area contributed by atoms with Gasteiger partial charge >= 0.3 is 0 Å². The van der Waals surface area contributed by atoms with Gasteiger partial charge in [0.1, 0.15) is 0 Å². The molecule has 6 nitrogen and oxygen atoms in total. The summed E-state index contributed by atoms with van der Waals surface area (Å²) in [6, 6.07) is 10.3.